The fourth-order valence-corrected chi connectivity index (χ4v) is 4.26. The highest BCUT2D eigenvalue weighted by molar-refractivity contribution is 5.94. The molecule has 34 heavy (non-hydrogen) atoms. The van der Waals surface area contributed by atoms with Crippen LogP contribution in [0, 0.1) is 0 Å². The average Bonchev–Trinajstić information content (AvgIpc) is 3.47. The molecule has 8 nitrogen and oxygen atoms in total. The molecular formula is C26H20N6O2. The lowest BCUT2D eigenvalue weighted by atomic mass is 10.2. The van der Waals surface area contributed by atoms with Gasteiger partial charge in [0.2, 0.25) is 11.9 Å². The predicted octanol–water partition coefficient (Wildman–Crippen LogP) is 4.84. The third-order valence-electron chi connectivity index (χ3n) is 5.78. The van der Waals surface area contributed by atoms with Crippen LogP contribution in [0.25, 0.3) is 45.1 Å². The quantitative estimate of drug-likeness (QED) is 0.376. The van der Waals surface area contributed by atoms with Crippen LogP contribution in [0.4, 0.5) is 0 Å². The van der Waals surface area contributed by atoms with Gasteiger partial charge in [-0.2, -0.15) is 0 Å². The molecule has 6 aromatic rings. The van der Waals surface area contributed by atoms with E-state index in [1.54, 1.807) is 51.1 Å². The van der Waals surface area contributed by atoms with E-state index in [-0.39, 0.29) is 0 Å². The largest absolute Gasteiger partial charge is 0.497 e. The summed E-state index contributed by atoms with van der Waals surface area (Å²) in [7, 11) is 3.33. The second-order valence-corrected chi connectivity index (χ2v) is 7.68. The first-order valence-corrected chi connectivity index (χ1v) is 10.7. The zero-order chi connectivity index (χ0) is 23.1. The van der Waals surface area contributed by atoms with Crippen LogP contribution >= 0.6 is 0 Å². The van der Waals surface area contributed by atoms with Crippen molar-refractivity contribution in [2.75, 3.05) is 14.2 Å². The molecule has 8 heteroatoms. The van der Waals surface area contributed by atoms with Crippen molar-refractivity contribution >= 4 is 21.8 Å². The molecule has 0 unspecified atom stereocenters. The highest BCUT2D eigenvalue weighted by Crippen LogP contribution is 2.37. The molecule has 0 spiro atoms. The van der Waals surface area contributed by atoms with Gasteiger partial charge in [-0.25, -0.2) is 19.9 Å². The van der Waals surface area contributed by atoms with Crippen LogP contribution in [0.2, 0.25) is 0 Å². The Morgan fingerprint density at radius 1 is 0.559 bits per heavy atom. The van der Waals surface area contributed by atoms with E-state index < -0.39 is 0 Å². The summed E-state index contributed by atoms with van der Waals surface area (Å²) in [6.45, 7) is 0. The second-order valence-electron chi connectivity index (χ2n) is 7.68. The summed E-state index contributed by atoms with van der Waals surface area (Å²) in [5.41, 5.74) is 3.73. The summed E-state index contributed by atoms with van der Waals surface area (Å²) in [5, 5.41) is 2.01. The molecule has 2 aromatic carbocycles. The van der Waals surface area contributed by atoms with Gasteiger partial charge in [0.15, 0.2) is 0 Å². The van der Waals surface area contributed by atoms with Crippen LogP contribution in [-0.2, 0) is 0 Å². The minimum atomic E-state index is 0.570. The molecule has 0 saturated heterocycles. The maximum Gasteiger partial charge on any atom is 0.234 e. The maximum absolute atomic E-state index is 5.47. The minimum absolute atomic E-state index is 0.570. The van der Waals surface area contributed by atoms with Crippen molar-refractivity contribution < 1.29 is 9.47 Å². The fourth-order valence-electron chi connectivity index (χ4n) is 4.26. The summed E-state index contributed by atoms with van der Waals surface area (Å²) in [6, 6.07) is 19.8. The Labute approximate surface area is 195 Å². The number of nitrogens with zero attached hydrogens (tertiary/aromatic N) is 6. The van der Waals surface area contributed by atoms with E-state index in [4.69, 9.17) is 9.47 Å². The molecule has 4 aromatic heterocycles. The highest BCUT2D eigenvalue weighted by atomic mass is 16.5. The zero-order valence-corrected chi connectivity index (χ0v) is 18.6. The molecule has 6 rings (SSSR count). The van der Waals surface area contributed by atoms with Crippen LogP contribution in [0.5, 0.6) is 11.5 Å². The lowest BCUT2D eigenvalue weighted by Crippen LogP contribution is -2.06. The van der Waals surface area contributed by atoms with Crippen LogP contribution in [0.15, 0.2) is 85.5 Å². The lowest BCUT2D eigenvalue weighted by molar-refractivity contribution is 0.415. The molecule has 4 heterocycles. The van der Waals surface area contributed by atoms with Gasteiger partial charge >= 0.3 is 0 Å². The van der Waals surface area contributed by atoms with Crippen molar-refractivity contribution in [1.82, 2.24) is 29.1 Å². The molecule has 0 atom stereocenters. The third-order valence-corrected chi connectivity index (χ3v) is 5.78. The lowest BCUT2D eigenvalue weighted by Gasteiger charge is -2.12. The van der Waals surface area contributed by atoms with E-state index in [1.165, 1.54) is 0 Å². The molecule has 0 amide bonds. The topological polar surface area (TPSA) is 79.9 Å². The van der Waals surface area contributed by atoms with Crippen molar-refractivity contribution in [2.45, 2.75) is 0 Å². The molecule has 0 saturated carbocycles. The SMILES string of the molecule is COc1ccc2c(c1)cc(-c1cc3cc(OC)ccc3n1-c1ncccn1)n2-c1ncccn1. The third kappa shape index (κ3) is 3.15. The van der Waals surface area contributed by atoms with Crippen molar-refractivity contribution in [2.24, 2.45) is 0 Å². The summed E-state index contributed by atoms with van der Waals surface area (Å²) in [5.74, 6) is 2.70. The molecule has 0 radical (unpaired) electrons. The second kappa shape index (κ2) is 8.00. The van der Waals surface area contributed by atoms with Crippen molar-refractivity contribution in [3.05, 3.63) is 85.5 Å². The van der Waals surface area contributed by atoms with E-state index in [0.29, 0.717) is 11.9 Å². The number of ether oxygens (including phenoxy) is 2. The Balaban J connectivity index is 1.72. The minimum Gasteiger partial charge on any atom is -0.497 e. The Morgan fingerprint density at radius 2 is 0.971 bits per heavy atom. The van der Waals surface area contributed by atoms with E-state index in [1.807, 2.05) is 45.5 Å². The van der Waals surface area contributed by atoms with E-state index in [9.17, 15) is 0 Å². The monoisotopic (exact) mass is 448 g/mol. The molecule has 0 aliphatic heterocycles. The Kier molecular flexibility index (Phi) is 4.69. The van der Waals surface area contributed by atoms with Crippen molar-refractivity contribution in [3.8, 4) is 34.8 Å². The highest BCUT2D eigenvalue weighted by Gasteiger charge is 2.21. The molecule has 0 aliphatic rings. The predicted molar refractivity (Wildman–Crippen MR) is 130 cm³/mol. The number of hydrogen-bond donors (Lipinski definition) is 0. The number of hydrogen-bond acceptors (Lipinski definition) is 6. The summed E-state index contributed by atoms with van der Waals surface area (Å²) in [6.07, 6.45) is 6.95. The van der Waals surface area contributed by atoms with Gasteiger partial charge in [0.1, 0.15) is 11.5 Å². The van der Waals surface area contributed by atoms with Crippen LogP contribution < -0.4 is 9.47 Å². The Hall–Kier alpha value is -4.72. The van der Waals surface area contributed by atoms with Gasteiger partial charge in [-0.05, 0) is 60.7 Å². The van der Waals surface area contributed by atoms with Gasteiger partial charge in [0, 0.05) is 35.6 Å². The smallest absolute Gasteiger partial charge is 0.234 e. The summed E-state index contributed by atoms with van der Waals surface area (Å²) < 4.78 is 15.0. The Bertz CT molecular complexity index is 1500. The first kappa shape index (κ1) is 19.9. The normalized spacial score (nSPS) is 11.2. The first-order valence-electron chi connectivity index (χ1n) is 10.7. The number of fused-ring (bicyclic) bond motifs is 2. The van der Waals surface area contributed by atoms with E-state index in [2.05, 4.69) is 32.1 Å². The van der Waals surface area contributed by atoms with Crippen molar-refractivity contribution in [1.29, 1.82) is 0 Å². The molecular weight excluding hydrogens is 428 g/mol. The van der Waals surface area contributed by atoms with Gasteiger partial charge in [0.25, 0.3) is 0 Å². The maximum atomic E-state index is 5.47. The fraction of sp³-hybridized carbons (Fsp3) is 0.0769. The zero-order valence-electron chi connectivity index (χ0n) is 18.6. The number of aromatic nitrogens is 6. The molecule has 0 bridgehead atoms. The van der Waals surface area contributed by atoms with Crippen LogP contribution in [-0.4, -0.2) is 43.3 Å². The van der Waals surface area contributed by atoms with Crippen LogP contribution in [0.1, 0.15) is 0 Å². The first-order chi connectivity index (χ1) is 16.8. The van der Waals surface area contributed by atoms with E-state index in [0.717, 1.165) is 44.7 Å². The van der Waals surface area contributed by atoms with E-state index >= 15 is 0 Å². The summed E-state index contributed by atoms with van der Waals surface area (Å²) in [4.78, 5) is 18.2. The number of rotatable bonds is 5. The van der Waals surface area contributed by atoms with Gasteiger partial charge in [-0.3, -0.25) is 9.13 Å². The summed E-state index contributed by atoms with van der Waals surface area (Å²) >= 11 is 0. The Morgan fingerprint density at radius 3 is 1.35 bits per heavy atom. The van der Waals surface area contributed by atoms with Gasteiger partial charge in [-0.1, -0.05) is 0 Å². The molecule has 166 valence electrons. The van der Waals surface area contributed by atoms with Crippen molar-refractivity contribution in [3.63, 3.8) is 0 Å². The molecule has 0 fully saturated rings. The average molecular weight is 448 g/mol. The number of benzene rings is 2. The van der Waals surface area contributed by atoms with Gasteiger partial charge < -0.3 is 9.47 Å². The van der Waals surface area contributed by atoms with Crippen LogP contribution in [0.3, 0.4) is 0 Å². The molecule has 0 N–H and O–H groups in total. The van der Waals surface area contributed by atoms with Gasteiger partial charge in [0.05, 0.1) is 36.6 Å². The number of methoxy groups -OCH3 is 2. The standard InChI is InChI=1S/C26H20N6O2/c1-33-19-5-7-21-17(13-19)15-23(31(21)25-27-9-3-10-28-25)24-16-18-14-20(34-2)6-8-22(18)32(24)26-29-11-4-12-30-26/h3-16H,1-2H3. The molecule has 0 aliphatic carbocycles. The van der Waals surface area contributed by atoms with Gasteiger partial charge in [-0.15, -0.1) is 0 Å².